The summed E-state index contributed by atoms with van der Waals surface area (Å²) in [6.07, 6.45) is 4.26. The Morgan fingerprint density at radius 2 is 2.33 bits per heavy atom. The second kappa shape index (κ2) is 5.53. The number of amides is 1. The van der Waals surface area contributed by atoms with E-state index in [1.807, 2.05) is 24.6 Å². The van der Waals surface area contributed by atoms with E-state index in [9.17, 15) is 4.79 Å². The van der Waals surface area contributed by atoms with Crippen molar-refractivity contribution in [3.8, 4) is 0 Å². The standard InChI is InChI=1S/C11H19N3O/c1-4-5-6-11(15)13-10-7-8-12-14(10)9(2)3/h7-9H,4-6H2,1-3H3,(H,13,15). The van der Waals surface area contributed by atoms with Crippen LogP contribution in [-0.4, -0.2) is 15.7 Å². The van der Waals surface area contributed by atoms with Gasteiger partial charge in [0.2, 0.25) is 5.91 Å². The molecule has 1 heterocycles. The van der Waals surface area contributed by atoms with Crippen molar-refractivity contribution in [2.24, 2.45) is 0 Å². The van der Waals surface area contributed by atoms with Crippen LogP contribution in [0.3, 0.4) is 0 Å². The summed E-state index contributed by atoms with van der Waals surface area (Å²) in [6.45, 7) is 6.15. The molecule has 1 aromatic heterocycles. The van der Waals surface area contributed by atoms with E-state index in [0.717, 1.165) is 18.7 Å². The number of carbonyl (C=O) groups excluding carboxylic acids is 1. The van der Waals surface area contributed by atoms with Crippen molar-refractivity contribution in [3.63, 3.8) is 0 Å². The first kappa shape index (κ1) is 11.8. The Hall–Kier alpha value is -1.32. The van der Waals surface area contributed by atoms with Crippen molar-refractivity contribution in [1.82, 2.24) is 9.78 Å². The fraction of sp³-hybridized carbons (Fsp3) is 0.636. The highest BCUT2D eigenvalue weighted by Gasteiger charge is 2.08. The van der Waals surface area contributed by atoms with Crippen LogP contribution < -0.4 is 5.32 Å². The summed E-state index contributed by atoms with van der Waals surface area (Å²) in [6, 6.07) is 2.09. The number of nitrogens with zero attached hydrogens (tertiary/aromatic N) is 2. The van der Waals surface area contributed by atoms with Gasteiger partial charge < -0.3 is 5.32 Å². The largest absolute Gasteiger partial charge is 0.311 e. The summed E-state index contributed by atoms with van der Waals surface area (Å²) in [5.41, 5.74) is 0. The Morgan fingerprint density at radius 1 is 1.60 bits per heavy atom. The average Bonchev–Trinajstić information content (AvgIpc) is 2.62. The van der Waals surface area contributed by atoms with Crippen molar-refractivity contribution in [2.75, 3.05) is 5.32 Å². The van der Waals surface area contributed by atoms with Crippen molar-refractivity contribution in [3.05, 3.63) is 12.3 Å². The molecule has 0 aliphatic carbocycles. The van der Waals surface area contributed by atoms with Gasteiger partial charge in [-0.15, -0.1) is 0 Å². The first-order chi connectivity index (χ1) is 7.15. The summed E-state index contributed by atoms with van der Waals surface area (Å²) >= 11 is 0. The number of carbonyl (C=O) groups is 1. The fourth-order valence-corrected chi connectivity index (χ4v) is 1.37. The predicted octanol–water partition coefficient (Wildman–Crippen LogP) is 2.59. The predicted molar refractivity (Wildman–Crippen MR) is 60.8 cm³/mol. The molecule has 0 saturated heterocycles. The third kappa shape index (κ3) is 3.38. The van der Waals surface area contributed by atoms with Crippen LogP contribution in [0.4, 0.5) is 5.82 Å². The van der Waals surface area contributed by atoms with E-state index in [4.69, 9.17) is 0 Å². The minimum Gasteiger partial charge on any atom is -0.311 e. The monoisotopic (exact) mass is 209 g/mol. The Morgan fingerprint density at radius 3 is 2.93 bits per heavy atom. The topological polar surface area (TPSA) is 46.9 Å². The fourth-order valence-electron chi connectivity index (χ4n) is 1.37. The molecule has 0 fully saturated rings. The highest BCUT2D eigenvalue weighted by atomic mass is 16.1. The molecule has 0 aliphatic rings. The first-order valence-electron chi connectivity index (χ1n) is 5.48. The number of rotatable bonds is 5. The maximum atomic E-state index is 11.5. The molecule has 1 aromatic rings. The lowest BCUT2D eigenvalue weighted by Gasteiger charge is -2.11. The average molecular weight is 209 g/mol. The lowest BCUT2D eigenvalue weighted by Crippen LogP contribution is -2.16. The number of nitrogens with one attached hydrogen (secondary N) is 1. The molecule has 0 unspecified atom stereocenters. The van der Waals surface area contributed by atoms with Crippen LogP contribution in [0.2, 0.25) is 0 Å². The van der Waals surface area contributed by atoms with E-state index < -0.39 is 0 Å². The minimum atomic E-state index is 0.0688. The molecule has 0 aromatic carbocycles. The van der Waals surface area contributed by atoms with Gasteiger partial charge in [-0.2, -0.15) is 5.10 Å². The number of aromatic nitrogens is 2. The lowest BCUT2D eigenvalue weighted by atomic mass is 10.2. The van der Waals surface area contributed by atoms with Crippen LogP contribution in [0.1, 0.15) is 46.1 Å². The van der Waals surface area contributed by atoms with Crippen LogP contribution in [0.5, 0.6) is 0 Å². The van der Waals surface area contributed by atoms with E-state index >= 15 is 0 Å². The number of hydrogen-bond donors (Lipinski definition) is 1. The smallest absolute Gasteiger partial charge is 0.225 e. The van der Waals surface area contributed by atoms with Crippen molar-refractivity contribution in [1.29, 1.82) is 0 Å². The van der Waals surface area contributed by atoms with Crippen LogP contribution in [0, 0.1) is 0 Å². The highest BCUT2D eigenvalue weighted by Crippen LogP contribution is 2.13. The second-order valence-corrected chi connectivity index (χ2v) is 3.91. The number of anilines is 1. The molecule has 0 aliphatic heterocycles. The molecular formula is C11H19N3O. The Labute approximate surface area is 90.7 Å². The van der Waals surface area contributed by atoms with Gasteiger partial charge in [0, 0.05) is 18.5 Å². The summed E-state index contributed by atoms with van der Waals surface area (Å²) in [5, 5.41) is 7.02. The third-order valence-corrected chi connectivity index (χ3v) is 2.18. The van der Waals surface area contributed by atoms with E-state index in [2.05, 4.69) is 17.3 Å². The molecule has 4 nitrogen and oxygen atoms in total. The van der Waals surface area contributed by atoms with Gasteiger partial charge in [-0.25, -0.2) is 4.68 Å². The molecular weight excluding hydrogens is 190 g/mol. The molecule has 0 saturated carbocycles. The molecule has 15 heavy (non-hydrogen) atoms. The maximum absolute atomic E-state index is 11.5. The summed E-state index contributed by atoms with van der Waals surface area (Å²) < 4.78 is 1.81. The van der Waals surface area contributed by atoms with Crippen molar-refractivity contribution >= 4 is 11.7 Å². The van der Waals surface area contributed by atoms with Gasteiger partial charge in [-0.3, -0.25) is 4.79 Å². The summed E-state index contributed by atoms with van der Waals surface area (Å²) in [4.78, 5) is 11.5. The molecule has 0 spiro atoms. The number of unbranched alkanes of at least 4 members (excludes halogenated alkanes) is 1. The normalized spacial score (nSPS) is 10.7. The zero-order valence-electron chi connectivity index (χ0n) is 9.66. The van der Waals surface area contributed by atoms with Gasteiger partial charge in [0.05, 0.1) is 6.20 Å². The quantitative estimate of drug-likeness (QED) is 0.810. The number of hydrogen-bond acceptors (Lipinski definition) is 2. The Balaban J connectivity index is 2.56. The molecule has 0 atom stereocenters. The SMILES string of the molecule is CCCCC(=O)Nc1ccnn1C(C)C. The van der Waals surface area contributed by atoms with Crippen molar-refractivity contribution < 1.29 is 4.79 Å². The summed E-state index contributed by atoms with van der Waals surface area (Å²) in [5.74, 6) is 0.852. The van der Waals surface area contributed by atoms with Gasteiger partial charge in [-0.05, 0) is 20.3 Å². The molecule has 1 N–H and O–H groups in total. The molecule has 4 heteroatoms. The molecule has 84 valence electrons. The Bertz CT molecular complexity index is 317. The zero-order valence-corrected chi connectivity index (χ0v) is 9.66. The van der Waals surface area contributed by atoms with Gasteiger partial charge in [0.15, 0.2) is 0 Å². The molecule has 0 bridgehead atoms. The van der Waals surface area contributed by atoms with Crippen LogP contribution in [0.25, 0.3) is 0 Å². The van der Waals surface area contributed by atoms with Crippen LogP contribution in [0.15, 0.2) is 12.3 Å². The molecule has 1 rings (SSSR count). The lowest BCUT2D eigenvalue weighted by molar-refractivity contribution is -0.116. The summed E-state index contributed by atoms with van der Waals surface area (Å²) in [7, 11) is 0. The van der Waals surface area contributed by atoms with Crippen molar-refractivity contribution in [2.45, 2.75) is 46.1 Å². The van der Waals surface area contributed by atoms with E-state index in [1.54, 1.807) is 6.20 Å². The maximum Gasteiger partial charge on any atom is 0.225 e. The van der Waals surface area contributed by atoms with Gasteiger partial charge in [0.25, 0.3) is 0 Å². The van der Waals surface area contributed by atoms with Gasteiger partial charge in [-0.1, -0.05) is 13.3 Å². The Kier molecular flexibility index (Phi) is 4.34. The van der Waals surface area contributed by atoms with Crippen LogP contribution >= 0.6 is 0 Å². The minimum absolute atomic E-state index is 0.0688. The van der Waals surface area contributed by atoms with E-state index in [-0.39, 0.29) is 11.9 Å². The highest BCUT2D eigenvalue weighted by molar-refractivity contribution is 5.89. The van der Waals surface area contributed by atoms with Gasteiger partial charge >= 0.3 is 0 Å². The molecule has 1 amide bonds. The third-order valence-electron chi connectivity index (χ3n) is 2.18. The van der Waals surface area contributed by atoms with Crippen LogP contribution in [-0.2, 0) is 4.79 Å². The van der Waals surface area contributed by atoms with Gasteiger partial charge in [0.1, 0.15) is 5.82 Å². The molecule has 0 radical (unpaired) electrons. The zero-order chi connectivity index (χ0) is 11.3. The first-order valence-corrected chi connectivity index (χ1v) is 5.48. The van der Waals surface area contributed by atoms with E-state index in [0.29, 0.717) is 6.42 Å². The second-order valence-electron chi connectivity index (χ2n) is 3.91. The van der Waals surface area contributed by atoms with E-state index in [1.165, 1.54) is 0 Å².